The van der Waals surface area contributed by atoms with Gasteiger partial charge in [-0.3, -0.25) is 10.1 Å². The standard InChI is InChI=1S/C6H5FN2O2/c7-6-2-1-5(8-6)3-4-9(10)11/h1-4,8H/b4-3+. The van der Waals surface area contributed by atoms with Crippen molar-refractivity contribution < 1.29 is 9.31 Å². The molecule has 0 aliphatic heterocycles. The van der Waals surface area contributed by atoms with Crippen molar-refractivity contribution in [3.63, 3.8) is 0 Å². The highest BCUT2D eigenvalue weighted by Crippen LogP contribution is 2.01. The third kappa shape index (κ3) is 2.21. The van der Waals surface area contributed by atoms with E-state index < -0.39 is 10.9 Å². The summed E-state index contributed by atoms with van der Waals surface area (Å²) in [7, 11) is 0. The van der Waals surface area contributed by atoms with Crippen LogP contribution >= 0.6 is 0 Å². The SMILES string of the molecule is O=[N+]([O-])/C=C/c1ccc(F)[nH]1. The molecule has 1 heterocycles. The maximum absolute atomic E-state index is 12.2. The van der Waals surface area contributed by atoms with Crippen molar-refractivity contribution >= 4 is 6.08 Å². The van der Waals surface area contributed by atoms with Crippen LogP contribution in [0.5, 0.6) is 0 Å². The van der Waals surface area contributed by atoms with E-state index in [1.165, 1.54) is 18.2 Å². The zero-order chi connectivity index (χ0) is 8.27. The van der Waals surface area contributed by atoms with Crippen molar-refractivity contribution in [2.24, 2.45) is 0 Å². The van der Waals surface area contributed by atoms with Gasteiger partial charge in [0.05, 0.1) is 4.92 Å². The third-order valence-electron chi connectivity index (χ3n) is 1.05. The number of nitrogens with one attached hydrogen (secondary N) is 1. The minimum absolute atomic E-state index is 0.374. The largest absolute Gasteiger partial charge is 0.332 e. The minimum Gasteiger partial charge on any atom is -0.332 e. The number of aromatic amines is 1. The Hall–Kier alpha value is -1.65. The Bertz CT molecular complexity index is 293. The fourth-order valence-electron chi connectivity index (χ4n) is 0.623. The molecule has 11 heavy (non-hydrogen) atoms. The number of rotatable bonds is 2. The average Bonchev–Trinajstić information content (AvgIpc) is 2.31. The van der Waals surface area contributed by atoms with Crippen molar-refractivity contribution in [1.82, 2.24) is 4.98 Å². The summed E-state index contributed by atoms with van der Waals surface area (Å²) < 4.78 is 12.2. The highest BCUT2D eigenvalue weighted by atomic mass is 19.1. The highest BCUT2D eigenvalue weighted by molar-refractivity contribution is 5.42. The maximum atomic E-state index is 12.2. The van der Waals surface area contributed by atoms with E-state index in [9.17, 15) is 14.5 Å². The van der Waals surface area contributed by atoms with Crippen LogP contribution in [-0.4, -0.2) is 9.91 Å². The summed E-state index contributed by atoms with van der Waals surface area (Å²) >= 11 is 0. The van der Waals surface area contributed by atoms with Crippen LogP contribution in [0.4, 0.5) is 4.39 Å². The molecular weight excluding hydrogens is 151 g/mol. The minimum atomic E-state index is -0.612. The van der Waals surface area contributed by atoms with E-state index in [4.69, 9.17) is 0 Å². The molecule has 0 saturated carbocycles. The van der Waals surface area contributed by atoms with E-state index in [-0.39, 0.29) is 0 Å². The van der Waals surface area contributed by atoms with Crippen LogP contribution in [-0.2, 0) is 0 Å². The molecule has 0 unspecified atom stereocenters. The fourth-order valence-corrected chi connectivity index (χ4v) is 0.623. The zero-order valence-corrected chi connectivity index (χ0v) is 5.45. The Morgan fingerprint density at radius 2 is 2.36 bits per heavy atom. The van der Waals surface area contributed by atoms with Crippen molar-refractivity contribution in [2.45, 2.75) is 0 Å². The predicted octanol–water partition coefficient (Wildman–Crippen LogP) is 1.40. The van der Waals surface area contributed by atoms with Gasteiger partial charge in [0, 0.05) is 11.8 Å². The number of halogens is 1. The molecule has 0 aliphatic carbocycles. The molecule has 0 radical (unpaired) electrons. The highest BCUT2D eigenvalue weighted by Gasteiger charge is 1.93. The molecule has 5 heteroatoms. The Balaban J connectivity index is 2.71. The van der Waals surface area contributed by atoms with Crippen molar-refractivity contribution in [1.29, 1.82) is 0 Å². The first-order valence-corrected chi connectivity index (χ1v) is 2.85. The molecule has 1 aromatic rings. The first kappa shape index (κ1) is 7.46. The summed E-state index contributed by atoms with van der Waals surface area (Å²) in [6.45, 7) is 0. The second-order valence-corrected chi connectivity index (χ2v) is 1.86. The lowest BCUT2D eigenvalue weighted by molar-refractivity contribution is -0.401. The van der Waals surface area contributed by atoms with Crippen LogP contribution < -0.4 is 0 Å². The number of hydrogen-bond acceptors (Lipinski definition) is 2. The Morgan fingerprint density at radius 3 is 2.82 bits per heavy atom. The fraction of sp³-hybridized carbons (Fsp3) is 0. The third-order valence-corrected chi connectivity index (χ3v) is 1.05. The summed E-state index contributed by atoms with van der Waals surface area (Å²) in [5.74, 6) is -0.506. The van der Waals surface area contributed by atoms with Gasteiger partial charge >= 0.3 is 0 Å². The second-order valence-electron chi connectivity index (χ2n) is 1.86. The van der Waals surface area contributed by atoms with Crippen LogP contribution in [0.25, 0.3) is 6.08 Å². The van der Waals surface area contributed by atoms with Crippen LogP contribution in [0.2, 0.25) is 0 Å². The number of H-pyrrole nitrogens is 1. The van der Waals surface area contributed by atoms with Crippen LogP contribution in [0, 0.1) is 16.1 Å². The van der Waals surface area contributed by atoms with Gasteiger partial charge in [0.2, 0.25) is 6.20 Å². The molecule has 0 saturated heterocycles. The predicted molar refractivity (Wildman–Crippen MR) is 36.8 cm³/mol. The quantitative estimate of drug-likeness (QED) is 0.519. The lowest BCUT2D eigenvalue weighted by Gasteiger charge is -1.80. The topological polar surface area (TPSA) is 58.9 Å². The summed E-state index contributed by atoms with van der Waals surface area (Å²) in [5.41, 5.74) is 0.374. The van der Waals surface area contributed by atoms with Crippen molar-refractivity contribution in [3.05, 3.63) is 40.1 Å². The van der Waals surface area contributed by atoms with Gasteiger partial charge in [-0.25, -0.2) is 0 Å². The molecule has 4 nitrogen and oxygen atoms in total. The van der Waals surface area contributed by atoms with E-state index in [1.807, 2.05) is 0 Å². The number of nitro groups is 1. The van der Waals surface area contributed by atoms with E-state index in [2.05, 4.69) is 4.98 Å². The first-order chi connectivity index (χ1) is 5.18. The molecular formula is C6H5FN2O2. The number of nitrogens with zero attached hydrogens (tertiary/aromatic N) is 1. The van der Waals surface area contributed by atoms with Crippen LogP contribution in [0.1, 0.15) is 5.69 Å². The monoisotopic (exact) mass is 156 g/mol. The molecule has 1 rings (SSSR count). The van der Waals surface area contributed by atoms with E-state index in [1.54, 1.807) is 0 Å². The summed E-state index contributed by atoms with van der Waals surface area (Å²) in [4.78, 5) is 11.5. The summed E-state index contributed by atoms with van der Waals surface area (Å²) in [6, 6.07) is 2.61. The lowest BCUT2D eigenvalue weighted by atomic mass is 10.4. The summed E-state index contributed by atoms with van der Waals surface area (Å²) in [5, 5.41) is 9.79. The first-order valence-electron chi connectivity index (χ1n) is 2.85. The maximum Gasteiger partial charge on any atom is 0.236 e. The van der Waals surface area contributed by atoms with Crippen LogP contribution in [0.15, 0.2) is 18.3 Å². The van der Waals surface area contributed by atoms with E-state index in [0.717, 1.165) is 6.20 Å². The van der Waals surface area contributed by atoms with Crippen LogP contribution in [0.3, 0.4) is 0 Å². The van der Waals surface area contributed by atoms with Gasteiger partial charge in [0.1, 0.15) is 0 Å². The Morgan fingerprint density at radius 1 is 1.64 bits per heavy atom. The molecule has 0 bridgehead atoms. The van der Waals surface area contributed by atoms with Crippen molar-refractivity contribution in [2.75, 3.05) is 0 Å². The van der Waals surface area contributed by atoms with Gasteiger partial charge in [0.15, 0.2) is 5.95 Å². The molecule has 0 atom stereocenters. The van der Waals surface area contributed by atoms with Gasteiger partial charge in [0.25, 0.3) is 0 Å². The molecule has 0 fully saturated rings. The lowest BCUT2D eigenvalue weighted by Crippen LogP contribution is -1.82. The van der Waals surface area contributed by atoms with Crippen molar-refractivity contribution in [3.8, 4) is 0 Å². The Labute approximate surface area is 61.5 Å². The number of hydrogen-bond donors (Lipinski definition) is 1. The molecule has 0 aromatic carbocycles. The molecule has 58 valence electrons. The average molecular weight is 156 g/mol. The smallest absolute Gasteiger partial charge is 0.236 e. The van der Waals surface area contributed by atoms with E-state index in [0.29, 0.717) is 5.69 Å². The Kier molecular flexibility index (Phi) is 2.00. The van der Waals surface area contributed by atoms with Gasteiger partial charge in [-0.15, -0.1) is 0 Å². The van der Waals surface area contributed by atoms with Gasteiger partial charge < -0.3 is 4.98 Å². The van der Waals surface area contributed by atoms with Gasteiger partial charge in [-0.1, -0.05) is 0 Å². The zero-order valence-electron chi connectivity index (χ0n) is 5.45. The second kappa shape index (κ2) is 2.96. The van der Waals surface area contributed by atoms with Gasteiger partial charge in [-0.2, -0.15) is 4.39 Å². The molecule has 1 aromatic heterocycles. The molecule has 1 N–H and O–H groups in total. The molecule has 0 spiro atoms. The normalized spacial score (nSPS) is 10.6. The summed E-state index contributed by atoms with van der Waals surface area (Å²) in [6.07, 6.45) is 1.92. The molecule has 0 aliphatic rings. The molecule has 0 amide bonds. The van der Waals surface area contributed by atoms with E-state index >= 15 is 0 Å². The number of aromatic nitrogens is 1. The van der Waals surface area contributed by atoms with Gasteiger partial charge in [-0.05, 0) is 12.1 Å².